The van der Waals surface area contributed by atoms with Crippen molar-refractivity contribution in [3.63, 3.8) is 0 Å². The first kappa shape index (κ1) is 15.2. The van der Waals surface area contributed by atoms with Gasteiger partial charge >= 0.3 is 14.2 Å². The molecule has 4 nitrogen and oxygen atoms in total. The minimum absolute atomic E-state index is 0.366. The summed E-state index contributed by atoms with van der Waals surface area (Å²) >= 11 is 0. The summed E-state index contributed by atoms with van der Waals surface area (Å²) in [6, 6.07) is 18.7. The third-order valence-corrected chi connectivity index (χ3v) is 4.49. The molecule has 0 heterocycles. The van der Waals surface area contributed by atoms with E-state index in [1.165, 1.54) is 0 Å². The molecule has 4 N–H and O–H groups in total. The van der Waals surface area contributed by atoms with Crippen LogP contribution in [0.3, 0.4) is 0 Å². The van der Waals surface area contributed by atoms with Gasteiger partial charge in [-0.25, -0.2) is 0 Å². The van der Waals surface area contributed by atoms with E-state index in [2.05, 4.69) is 0 Å². The van der Waals surface area contributed by atoms with Crippen molar-refractivity contribution in [1.82, 2.24) is 0 Å². The van der Waals surface area contributed by atoms with Crippen LogP contribution < -0.4 is 10.9 Å². The van der Waals surface area contributed by atoms with Crippen LogP contribution in [-0.4, -0.2) is 34.3 Å². The van der Waals surface area contributed by atoms with Crippen LogP contribution in [0.25, 0.3) is 33.4 Å². The molecule has 0 atom stereocenters. The largest absolute Gasteiger partial charge is 0.489 e. The molecule has 4 rings (SSSR count). The third kappa shape index (κ3) is 2.12. The molecule has 1 aliphatic rings. The first-order valence-corrected chi connectivity index (χ1v) is 7.68. The minimum Gasteiger partial charge on any atom is -0.423 e. The predicted octanol–water partition coefficient (Wildman–Crippen LogP) is 0.361. The van der Waals surface area contributed by atoms with E-state index >= 15 is 0 Å². The summed E-state index contributed by atoms with van der Waals surface area (Å²) in [5, 5.41) is 38.7. The monoisotopic (exact) mass is 316 g/mol. The van der Waals surface area contributed by atoms with E-state index in [4.69, 9.17) is 0 Å². The summed E-state index contributed by atoms with van der Waals surface area (Å²) in [4.78, 5) is 0. The Hall–Kier alpha value is -2.37. The highest BCUT2D eigenvalue weighted by Crippen LogP contribution is 2.49. The topological polar surface area (TPSA) is 80.9 Å². The van der Waals surface area contributed by atoms with E-state index in [1.54, 1.807) is 18.2 Å². The van der Waals surface area contributed by atoms with Gasteiger partial charge in [0.2, 0.25) is 0 Å². The van der Waals surface area contributed by atoms with Crippen molar-refractivity contribution in [2.75, 3.05) is 0 Å². The fourth-order valence-electron chi connectivity index (χ4n) is 3.45. The van der Waals surface area contributed by atoms with Crippen molar-refractivity contribution < 1.29 is 20.1 Å². The van der Waals surface area contributed by atoms with Crippen LogP contribution in [0, 0.1) is 0 Å². The van der Waals surface area contributed by atoms with E-state index < -0.39 is 14.2 Å². The van der Waals surface area contributed by atoms with Gasteiger partial charge in [0.15, 0.2) is 0 Å². The van der Waals surface area contributed by atoms with Gasteiger partial charge in [0.05, 0.1) is 0 Å². The van der Waals surface area contributed by atoms with Gasteiger partial charge in [0.25, 0.3) is 0 Å². The molecule has 6 heteroatoms. The van der Waals surface area contributed by atoms with Crippen molar-refractivity contribution in [3.05, 3.63) is 60.7 Å². The molecule has 0 spiro atoms. The summed E-state index contributed by atoms with van der Waals surface area (Å²) in [6.45, 7) is 0. The molecule has 0 aromatic heterocycles. The Morgan fingerprint density at radius 2 is 1.17 bits per heavy atom. The van der Waals surface area contributed by atoms with Gasteiger partial charge < -0.3 is 20.1 Å². The van der Waals surface area contributed by atoms with E-state index in [9.17, 15) is 20.1 Å². The first-order valence-electron chi connectivity index (χ1n) is 7.68. The zero-order valence-corrected chi connectivity index (χ0v) is 12.7. The Bertz CT molecular complexity index is 924. The van der Waals surface area contributed by atoms with Crippen molar-refractivity contribution in [2.45, 2.75) is 0 Å². The van der Waals surface area contributed by atoms with Gasteiger partial charge in [0.1, 0.15) is 0 Å². The number of fused-ring (bicyclic) bond motifs is 4. The number of hydrogen-bond donors (Lipinski definition) is 4. The van der Waals surface area contributed by atoms with Crippen molar-refractivity contribution >= 4 is 25.2 Å². The van der Waals surface area contributed by atoms with Crippen LogP contribution in [0.2, 0.25) is 0 Å². The van der Waals surface area contributed by atoms with E-state index in [-0.39, 0.29) is 0 Å². The second kappa shape index (κ2) is 5.61. The van der Waals surface area contributed by atoms with Crippen LogP contribution in [0.5, 0.6) is 0 Å². The van der Waals surface area contributed by atoms with Crippen LogP contribution in [0.15, 0.2) is 60.7 Å². The van der Waals surface area contributed by atoms with E-state index in [0.29, 0.717) is 22.1 Å². The third-order valence-electron chi connectivity index (χ3n) is 4.49. The van der Waals surface area contributed by atoms with Crippen molar-refractivity contribution in [3.8, 4) is 33.4 Å². The fourth-order valence-corrected chi connectivity index (χ4v) is 3.45. The minimum atomic E-state index is -1.62. The second-order valence-electron chi connectivity index (χ2n) is 5.84. The molecule has 3 aromatic rings. The van der Waals surface area contributed by atoms with Crippen molar-refractivity contribution in [1.29, 1.82) is 0 Å². The molecule has 0 aliphatic heterocycles. The Morgan fingerprint density at radius 1 is 0.500 bits per heavy atom. The standard InChI is InChI=1S/C18H14B2O4/c21-19(22)14-8-4-7-13-16-12(11-5-2-1-3-6-11)9-10-15(20(23)24)18(16)17(13)14/h1-10,21-24H. The van der Waals surface area contributed by atoms with E-state index in [0.717, 1.165) is 22.3 Å². The number of benzene rings is 3. The molecule has 0 radical (unpaired) electrons. The molecule has 116 valence electrons. The first-order chi connectivity index (χ1) is 11.6. The maximum atomic E-state index is 9.71. The highest BCUT2D eigenvalue weighted by Gasteiger charge is 2.35. The highest BCUT2D eigenvalue weighted by atomic mass is 16.4. The van der Waals surface area contributed by atoms with Gasteiger partial charge in [-0.15, -0.1) is 0 Å². The molecule has 0 amide bonds. The molecule has 0 saturated carbocycles. The average Bonchev–Trinajstić information content (AvgIpc) is 2.58. The Balaban J connectivity index is 2.01. The smallest absolute Gasteiger partial charge is 0.423 e. The predicted molar refractivity (Wildman–Crippen MR) is 96.0 cm³/mol. The number of hydrogen-bond acceptors (Lipinski definition) is 4. The van der Waals surface area contributed by atoms with Crippen molar-refractivity contribution in [2.24, 2.45) is 0 Å². The SMILES string of the molecule is OB(O)c1cccc2c1-c1c(B(O)O)ccc(-c3ccccc3)c1-2. The number of rotatable bonds is 3. The molecule has 0 bridgehead atoms. The molecule has 1 aliphatic carbocycles. The second-order valence-corrected chi connectivity index (χ2v) is 5.84. The lowest BCUT2D eigenvalue weighted by atomic mass is 9.61. The zero-order chi connectivity index (χ0) is 16.8. The molecule has 24 heavy (non-hydrogen) atoms. The lowest BCUT2D eigenvalue weighted by Gasteiger charge is -2.32. The van der Waals surface area contributed by atoms with Crippen LogP contribution >= 0.6 is 0 Å². The van der Waals surface area contributed by atoms with Gasteiger partial charge in [-0.2, -0.15) is 0 Å². The maximum Gasteiger partial charge on any atom is 0.489 e. The van der Waals surface area contributed by atoms with Gasteiger partial charge in [-0.05, 0) is 44.3 Å². The Kier molecular flexibility index (Phi) is 3.55. The summed E-state index contributed by atoms with van der Waals surface area (Å²) in [6.07, 6.45) is 0. The molecule has 0 saturated heterocycles. The Labute approximate surface area is 140 Å². The lowest BCUT2D eigenvalue weighted by molar-refractivity contribution is 0.424. The van der Waals surface area contributed by atoms with Gasteiger partial charge in [0, 0.05) is 0 Å². The van der Waals surface area contributed by atoms with Crippen LogP contribution in [0.1, 0.15) is 0 Å². The molecule has 3 aromatic carbocycles. The highest BCUT2D eigenvalue weighted by molar-refractivity contribution is 6.65. The summed E-state index contributed by atoms with van der Waals surface area (Å²) in [7, 11) is -3.24. The fraction of sp³-hybridized carbons (Fsp3) is 0. The van der Waals surface area contributed by atoms with Gasteiger partial charge in [-0.1, -0.05) is 60.7 Å². The van der Waals surface area contributed by atoms with E-state index in [1.807, 2.05) is 42.5 Å². The average molecular weight is 316 g/mol. The quantitative estimate of drug-likeness (QED) is 0.412. The summed E-state index contributed by atoms with van der Waals surface area (Å²) in [5.74, 6) is 0. The maximum absolute atomic E-state index is 9.71. The van der Waals surface area contributed by atoms with Crippen LogP contribution in [0.4, 0.5) is 0 Å². The normalized spacial score (nSPS) is 11.3. The van der Waals surface area contributed by atoms with Crippen LogP contribution in [-0.2, 0) is 0 Å². The lowest BCUT2D eigenvalue weighted by Crippen LogP contribution is -2.39. The molecule has 0 fully saturated rings. The summed E-state index contributed by atoms with van der Waals surface area (Å²) < 4.78 is 0. The molecular weight excluding hydrogens is 302 g/mol. The Morgan fingerprint density at radius 3 is 1.83 bits per heavy atom. The molecular formula is C18H14B2O4. The zero-order valence-electron chi connectivity index (χ0n) is 12.7. The molecule has 0 unspecified atom stereocenters. The van der Waals surface area contributed by atoms with Gasteiger partial charge in [-0.3, -0.25) is 0 Å². The summed E-state index contributed by atoms with van der Waals surface area (Å²) in [5.41, 5.74) is 5.87.